The molecule has 190 valence electrons. The van der Waals surface area contributed by atoms with Crippen molar-refractivity contribution in [3.8, 4) is 23.0 Å². The van der Waals surface area contributed by atoms with Crippen LogP contribution in [0.4, 0.5) is 0 Å². The molecule has 0 amide bonds. The molecule has 1 saturated carbocycles. The quantitative estimate of drug-likeness (QED) is 0.187. The van der Waals surface area contributed by atoms with Gasteiger partial charge in [-0.15, -0.1) is 0 Å². The zero-order valence-corrected chi connectivity index (χ0v) is 19.2. The zero-order chi connectivity index (χ0) is 26.6. The molecule has 0 aliphatic heterocycles. The number of benzene rings is 2. The van der Waals surface area contributed by atoms with Crippen molar-refractivity contribution < 1.29 is 49.8 Å². The second kappa shape index (κ2) is 10.6. The second-order valence-corrected chi connectivity index (χ2v) is 8.60. The van der Waals surface area contributed by atoms with Crippen LogP contribution in [0.3, 0.4) is 0 Å². The molecule has 2 aromatic carbocycles. The average molecular weight is 498 g/mol. The van der Waals surface area contributed by atoms with Crippen molar-refractivity contribution in [1.29, 1.82) is 0 Å². The van der Waals surface area contributed by atoms with E-state index in [0.717, 1.165) is 19.3 Å². The maximum absolute atomic E-state index is 13.1. The number of phenolic OH excluding ortho intramolecular Hbond substituents is 4. The van der Waals surface area contributed by atoms with Gasteiger partial charge in [0.05, 0.1) is 19.1 Å². The van der Waals surface area contributed by atoms with Crippen LogP contribution >= 0.6 is 0 Å². The molecular weight excluding hydrogens is 472 g/mol. The molecule has 3 rings (SSSR count). The number of carbonyl (C=O) groups excluding carboxylic acids is 3. The number of hydrogen-bond donors (Lipinski definition) is 6. The number of esters is 1. The lowest BCUT2D eigenvalue weighted by atomic mass is 9.66. The van der Waals surface area contributed by atoms with E-state index in [4.69, 9.17) is 0 Å². The Balaban J connectivity index is 1.91. The average Bonchev–Trinajstić information content (AvgIpc) is 2.84. The van der Waals surface area contributed by atoms with Crippen molar-refractivity contribution in [3.63, 3.8) is 0 Å². The van der Waals surface area contributed by atoms with Crippen molar-refractivity contribution in [2.24, 2.45) is 11.8 Å². The van der Waals surface area contributed by atoms with E-state index in [2.05, 4.69) is 4.74 Å². The number of rotatable bonds is 7. The molecule has 0 heterocycles. The molecule has 0 spiro atoms. The Morgan fingerprint density at radius 1 is 0.833 bits per heavy atom. The largest absolute Gasteiger partial charge is 0.504 e. The predicted molar refractivity (Wildman–Crippen MR) is 127 cm³/mol. The number of carbonyl (C=O) groups is 3. The zero-order valence-electron chi connectivity index (χ0n) is 19.2. The third kappa shape index (κ3) is 5.73. The Hall–Kier alpha value is -4.15. The van der Waals surface area contributed by atoms with E-state index < -0.39 is 65.4 Å². The Bertz CT molecular complexity index is 1230. The first-order valence-electron chi connectivity index (χ1n) is 10.9. The third-order valence-electron chi connectivity index (χ3n) is 6.09. The lowest BCUT2D eigenvalue weighted by Crippen LogP contribution is -2.55. The summed E-state index contributed by atoms with van der Waals surface area (Å²) in [6.07, 6.45) is 2.27. The SMILES string of the molecule is COC(=O)[C@]1(O)C[C@H](C(=O)/C=C/c2ccc(O)c(O)c2)[C@@H](C(=O)/C=C/c2ccc(O)c(O)c2)[C@@H](O)C1. The monoisotopic (exact) mass is 498 g/mol. The molecule has 0 aromatic heterocycles. The number of ether oxygens (including phenoxy) is 1. The van der Waals surface area contributed by atoms with Gasteiger partial charge in [0.25, 0.3) is 0 Å². The summed E-state index contributed by atoms with van der Waals surface area (Å²) in [5, 5.41) is 59.7. The van der Waals surface area contributed by atoms with Crippen LogP contribution in [-0.2, 0) is 19.1 Å². The number of aliphatic hydroxyl groups excluding tert-OH is 1. The topological polar surface area (TPSA) is 182 Å². The van der Waals surface area contributed by atoms with E-state index >= 15 is 0 Å². The van der Waals surface area contributed by atoms with Gasteiger partial charge in [-0.05, 0) is 54.0 Å². The lowest BCUT2D eigenvalue weighted by molar-refractivity contribution is -0.178. The first-order chi connectivity index (χ1) is 16.9. The van der Waals surface area contributed by atoms with Gasteiger partial charge >= 0.3 is 5.97 Å². The fraction of sp³-hybridized carbons (Fsp3) is 0.269. The van der Waals surface area contributed by atoms with Gasteiger partial charge < -0.3 is 35.4 Å². The molecule has 0 bridgehead atoms. The fourth-order valence-electron chi connectivity index (χ4n) is 4.22. The first kappa shape index (κ1) is 26.5. The van der Waals surface area contributed by atoms with Crippen LogP contribution < -0.4 is 0 Å². The highest BCUT2D eigenvalue weighted by Crippen LogP contribution is 2.39. The van der Waals surface area contributed by atoms with Crippen LogP contribution in [0.1, 0.15) is 24.0 Å². The summed E-state index contributed by atoms with van der Waals surface area (Å²) in [5.74, 6) is -6.48. The van der Waals surface area contributed by atoms with Gasteiger partial charge in [0.2, 0.25) is 0 Å². The molecule has 1 aliphatic rings. The van der Waals surface area contributed by atoms with Gasteiger partial charge in [0.15, 0.2) is 40.2 Å². The summed E-state index contributed by atoms with van der Waals surface area (Å²) in [7, 11) is 1.05. The maximum atomic E-state index is 13.1. The smallest absolute Gasteiger partial charge is 0.337 e. The Morgan fingerprint density at radius 3 is 1.81 bits per heavy atom. The van der Waals surface area contributed by atoms with Crippen molar-refractivity contribution in [3.05, 3.63) is 59.7 Å². The Morgan fingerprint density at radius 2 is 1.33 bits per heavy atom. The van der Waals surface area contributed by atoms with Crippen molar-refractivity contribution in [1.82, 2.24) is 0 Å². The number of ketones is 2. The van der Waals surface area contributed by atoms with Gasteiger partial charge in [-0.2, -0.15) is 0 Å². The number of aliphatic hydroxyl groups is 2. The third-order valence-corrected chi connectivity index (χ3v) is 6.09. The van der Waals surface area contributed by atoms with Crippen LogP contribution in [0.2, 0.25) is 0 Å². The molecule has 1 aliphatic carbocycles. The van der Waals surface area contributed by atoms with E-state index in [1.165, 1.54) is 48.6 Å². The molecular formula is C26H26O10. The van der Waals surface area contributed by atoms with Crippen LogP contribution in [-0.4, -0.2) is 67.0 Å². The number of aromatic hydroxyl groups is 4. The minimum Gasteiger partial charge on any atom is -0.504 e. The van der Waals surface area contributed by atoms with E-state index in [-0.39, 0.29) is 11.5 Å². The predicted octanol–water partition coefficient (Wildman–Crippen LogP) is 1.66. The van der Waals surface area contributed by atoms with E-state index in [0.29, 0.717) is 11.1 Å². The molecule has 10 heteroatoms. The molecule has 4 atom stereocenters. The standard InChI is InChI=1S/C26H26O10/c1-36-25(34)26(35)12-16(17(27)6-2-14-3-7-18(28)21(31)10-14)24(23(33)13-26)20(30)9-5-15-4-8-19(29)22(32)11-15/h2-11,16,23-24,28-29,31-33,35H,12-13H2,1H3/b6-2+,9-5+/t16-,23+,24+,26+/m1/s1. The fourth-order valence-corrected chi connectivity index (χ4v) is 4.22. The van der Waals surface area contributed by atoms with Crippen LogP contribution in [0.15, 0.2) is 48.6 Å². The molecule has 6 N–H and O–H groups in total. The molecule has 10 nitrogen and oxygen atoms in total. The van der Waals surface area contributed by atoms with Crippen molar-refractivity contribution in [2.45, 2.75) is 24.5 Å². The highest BCUT2D eigenvalue weighted by atomic mass is 16.5. The molecule has 0 radical (unpaired) electrons. The Kier molecular flexibility index (Phi) is 7.81. The van der Waals surface area contributed by atoms with Gasteiger partial charge in [0.1, 0.15) is 0 Å². The highest BCUT2D eigenvalue weighted by molar-refractivity contribution is 6.03. The highest BCUT2D eigenvalue weighted by Gasteiger charge is 2.53. The molecule has 0 unspecified atom stereocenters. The van der Waals surface area contributed by atoms with Crippen LogP contribution in [0.25, 0.3) is 12.2 Å². The molecule has 1 fully saturated rings. The summed E-state index contributed by atoms with van der Waals surface area (Å²) >= 11 is 0. The number of phenols is 4. The minimum atomic E-state index is -2.19. The number of hydrogen-bond acceptors (Lipinski definition) is 10. The van der Waals surface area contributed by atoms with E-state index in [1.807, 2.05) is 0 Å². The van der Waals surface area contributed by atoms with Gasteiger partial charge in [-0.25, -0.2) is 4.79 Å². The second-order valence-electron chi connectivity index (χ2n) is 8.60. The van der Waals surface area contributed by atoms with Crippen LogP contribution in [0, 0.1) is 11.8 Å². The minimum absolute atomic E-state index is 0.345. The molecule has 0 saturated heterocycles. The first-order valence-corrected chi connectivity index (χ1v) is 10.9. The van der Waals surface area contributed by atoms with Crippen LogP contribution in [0.5, 0.6) is 23.0 Å². The van der Waals surface area contributed by atoms with E-state index in [9.17, 15) is 45.0 Å². The summed E-state index contributed by atoms with van der Waals surface area (Å²) in [5.41, 5.74) is -1.47. The summed E-state index contributed by atoms with van der Waals surface area (Å²) < 4.78 is 4.62. The molecule has 2 aromatic rings. The molecule has 36 heavy (non-hydrogen) atoms. The summed E-state index contributed by atoms with van der Waals surface area (Å²) in [6, 6.07) is 7.73. The maximum Gasteiger partial charge on any atom is 0.337 e. The lowest BCUT2D eigenvalue weighted by Gasteiger charge is -2.40. The van der Waals surface area contributed by atoms with Crippen molar-refractivity contribution in [2.75, 3.05) is 7.11 Å². The van der Waals surface area contributed by atoms with Gasteiger partial charge in [-0.1, -0.05) is 24.3 Å². The number of allylic oxidation sites excluding steroid dienone is 2. The van der Waals surface area contributed by atoms with Gasteiger partial charge in [-0.3, -0.25) is 9.59 Å². The summed E-state index contributed by atoms with van der Waals surface area (Å²) in [6.45, 7) is 0. The normalized spacial score (nSPS) is 24.1. The summed E-state index contributed by atoms with van der Waals surface area (Å²) in [4.78, 5) is 38.4. The van der Waals surface area contributed by atoms with Crippen molar-refractivity contribution >= 4 is 29.7 Å². The number of methoxy groups -OCH3 is 1. The van der Waals surface area contributed by atoms with E-state index in [1.54, 1.807) is 0 Å². The van der Waals surface area contributed by atoms with Gasteiger partial charge in [0, 0.05) is 12.3 Å². The Labute approximate surface area is 206 Å².